The first-order valence-electron chi connectivity index (χ1n) is 10.2. The second-order valence-corrected chi connectivity index (χ2v) is 8.36. The van der Waals surface area contributed by atoms with Crippen LogP contribution in [0.2, 0.25) is 0 Å². The van der Waals surface area contributed by atoms with Crippen LogP contribution in [0.4, 0.5) is 0 Å². The molecule has 2 fully saturated rings. The van der Waals surface area contributed by atoms with Gasteiger partial charge in [-0.3, -0.25) is 0 Å². The SMILES string of the molecule is CCCCC1CCC(C2CCC(CC)(CCC)CC2)CC1. The molecule has 0 aromatic rings. The van der Waals surface area contributed by atoms with E-state index in [9.17, 15) is 0 Å². The van der Waals surface area contributed by atoms with Gasteiger partial charge in [0.2, 0.25) is 0 Å². The molecule has 0 heteroatoms. The standard InChI is InChI=1S/C21H40/c1-4-7-8-18-9-11-19(12-10-18)20-13-16-21(6-3,15-5-2)17-14-20/h18-20H,4-17H2,1-3H3. The molecule has 0 radical (unpaired) electrons. The fraction of sp³-hybridized carbons (Fsp3) is 1.00. The minimum atomic E-state index is 0.740. The molecule has 2 rings (SSSR count). The third-order valence-electron chi connectivity index (χ3n) is 7.15. The van der Waals surface area contributed by atoms with Gasteiger partial charge >= 0.3 is 0 Å². The lowest BCUT2D eigenvalue weighted by molar-refractivity contribution is 0.0813. The van der Waals surface area contributed by atoms with Crippen LogP contribution in [-0.2, 0) is 0 Å². The first-order valence-corrected chi connectivity index (χ1v) is 10.2. The fourth-order valence-corrected chi connectivity index (χ4v) is 5.48. The van der Waals surface area contributed by atoms with Crippen molar-refractivity contribution in [1.82, 2.24) is 0 Å². The Hall–Kier alpha value is 0. The highest BCUT2D eigenvalue weighted by molar-refractivity contribution is 4.88. The molecule has 0 saturated heterocycles. The Morgan fingerprint density at radius 1 is 0.762 bits per heavy atom. The molecule has 0 aromatic heterocycles. The van der Waals surface area contributed by atoms with Gasteiger partial charge in [0.1, 0.15) is 0 Å². The van der Waals surface area contributed by atoms with Crippen molar-refractivity contribution in [2.24, 2.45) is 23.2 Å². The van der Waals surface area contributed by atoms with E-state index in [2.05, 4.69) is 20.8 Å². The zero-order chi connectivity index (χ0) is 15.1. The molecule has 0 aromatic carbocycles. The Morgan fingerprint density at radius 2 is 1.38 bits per heavy atom. The minimum absolute atomic E-state index is 0.740. The van der Waals surface area contributed by atoms with Gasteiger partial charge in [-0.2, -0.15) is 0 Å². The summed E-state index contributed by atoms with van der Waals surface area (Å²) in [6, 6.07) is 0. The van der Waals surface area contributed by atoms with E-state index in [-0.39, 0.29) is 0 Å². The molecule has 0 nitrogen and oxygen atoms in total. The summed E-state index contributed by atoms with van der Waals surface area (Å²) in [5.74, 6) is 3.27. The average Bonchev–Trinajstić information content (AvgIpc) is 2.54. The summed E-state index contributed by atoms with van der Waals surface area (Å²) in [5.41, 5.74) is 0.740. The predicted molar refractivity (Wildman–Crippen MR) is 94.6 cm³/mol. The zero-order valence-corrected chi connectivity index (χ0v) is 15.1. The molecule has 0 atom stereocenters. The Bertz CT molecular complexity index is 264. The van der Waals surface area contributed by atoms with Gasteiger partial charge in [0.05, 0.1) is 0 Å². The van der Waals surface area contributed by atoms with Crippen molar-refractivity contribution < 1.29 is 0 Å². The normalized spacial score (nSPS) is 37.6. The Kier molecular flexibility index (Phi) is 7.10. The highest BCUT2D eigenvalue weighted by atomic mass is 14.4. The van der Waals surface area contributed by atoms with Gasteiger partial charge in [-0.25, -0.2) is 0 Å². The fourth-order valence-electron chi connectivity index (χ4n) is 5.48. The smallest absolute Gasteiger partial charge is 0.0300 e. The van der Waals surface area contributed by atoms with E-state index in [1.807, 2.05) is 0 Å². The van der Waals surface area contributed by atoms with E-state index in [4.69, 9.17) is 0 Å². The van der Waals surface area contributed by atoms with Crippen LogP contribution in [0.15, 0.2) is 0 Å². The van der Waals surface area contributed by atoms with Crippen LogP contribution in [-0.4, -0.2) is 0 Å². The van der Waals surface area contributed by atoms with Crippen LogP contribution in [0, 0.1) is 23.2 Å². The topological polar surface area (TPSA) is 0 Å². The molecular weight excluding hydrogens is 252 g/mol. The minimum Gasteiger partial charge on any atom is -0.0654 e. The van der Waals surface area contributed by atoms with Gasteiger partial charge in [-0.15, -0.1) is 0 Å². The molecule has 21 heavy (non-hydrogen) atoms. The lowest BCUT2D eigenvalue weighted by Crippen LogP contribution is -2.31. The van der Waals surface area contributed by atoms with Crippen LogP contribution in [0.3, 0.4) is 0 Å². The van der Waals surface area contributed by atoms with Gasteiger partial charge in [0, 0.05) is 0 Å². The molecule has 0 N–H and O–H groups in total. The molecule has 2 saturated carbocycles. The van der Waals surface area contributed by atoms with Gasteiger partial charge < -0.3 is 0 Å². The van der Waals surface area contributed by atoms with Crippen LogP contribution in [0.5, 0.6) is 0 Å². The zero-order valence-electron chi connectivity index (χ0n) is 15.1. The molecule has 2 aliphatic carbocycles. The van der Waals surface area contributed by atoms with E-state index >= 15 is 0 Å². The Balaban J connectivity index is 1.73. The van der Waals surface area contributed by atoms with Crippen LogP contribution < -0.4 is 0 Å². The Morgan fingerprint density at radius 3 is 1.90 bits per heavy atom. The molecule has 0 bridgehead atoms. The second-order valence-electron chi connectivity index (χ2n) is 8.36. The molecule has 0 spiro atoms. The number of hydrogen-bond donors (Lipinski definition) is 0. The van der Waals surface area contributed by atoms with Crippen molar-refractivity contribution in [3.05, 3.63) is 0 Å². The van der Waals surface area contributed by atoms with Crippen molar-refractivity contribution >= 4 is 0 Å². The molecule has 124 valence electrons. The van der Waals surface area contributed by atoms with Gasteiger partial charge in [-0.05, 0) is 68.1 Å². The van der Waals surface area contributed by atoms with E-state index in [0.717, 1.165) is 23.2 Å². The summed E-state index contributed by atoms with van der Waals surface area (Å²) in [6.07, 6.45) is 21.1. The van der Waals surface area contributed by atoms with E-state index in [0.29, 0.717) is 0 Å². The molecular formula is C21H40. The largest absolute Gasteiger partial charge is 0.0654 e. The highest BCUT2D eigenvalue weighted by Gasteiger charge is 2.36. The number of unbranched alkanes of at least 4 members (excludes halogenated alkanes) is 1. The second kappa shape index (κ2) is 8.59. The quantitative estimate of drug-likeness (QED) is 0.459. The number of rotatable bonds is 7. The average molecular weight is 293 g/mol. The van der Waals surface area contributed by atoms with E-state index in [1.165, 1.54) is 51.4 Å². The lowest BCUT2D eigenvalue weighted by Gasteiger charge is -2.43. The van der Waals surface area contributed by atoms with E-state index in [1.54, 1.807) is 38.5 Å². The van der Waals surface area contributed by atoms with Gasteiger partial charge in [0.25, 0.3) is 0 Å². The molecule has 0 aliphatic heterocycles. The summed E-state index contributed by atoms with van der Waals surface area (Å²) in [4.78, 5) is 0. The van der Waals surface area contributed by atoms with Crippen LogP contribution in [0.25, 0.3) is 0 Å². The molecule has 2 aliphatic rings. The number of hydrogen-bond acceptors (Lipinski definition) is 0. The van der Waals surface area contributed by atoms with Gasteiger partial charge in [-0.1, -0.05) is 65.7 Å². The molecule has 0 heterocycles. The summed E-state index contributed by atoms with van der Waals surface area (Å²) in [6.45, 7) is 7.15. The molecule has 0 amide bonds. The lowest BCUT2D eigenvalue weighted by atomic mass is 9.62. The van der Waals surface area contributed by atoms with Crippen molar-refractivity contribution in [2.75, 3.05) is 0 Å². The Labute approximate surface area is 134 Å². The third kappa shape index (κ3) is 4.73. The van der Waals surface area contributed by atoms with Crippen LogP contribution >= 0.6 is 0 Å². The highest BCUT2D eigenvalue weighted by Crippen LogP contribution is 2.49. The summed E-state index contributed by atoms with van der Waals surface area (Å²) in [5, 5.41) is 0. The van der Waals surface area contributed by atoms with Crippen LogP contribution in [0.1, 0.15) is 111 Å². The summed E-state index contributed by atoms with van der Waals surface area (Å²) in [7, 11) is 0. The summed E-state index contributed by atoms with van der Waals surface area (Å²) >= 11 is 0. The first kappa shape index (κ1) is 17.4. The monoisotopic (exact) mass is 292 g/mol. The maximum absolute atomic E-state index is 2.44. The van der Waals surface area contributed by atoms with Gasteiger partial charge in [0.15, 0.2) is 0 Å². The van der Waals surface area contributed by atoms with Crippen molar-refractivity contribution in [1.29, 1.82) is 0 Å². The van der Waals surface area contributed by atoms with E-state index < -0.39 is 0 Å². The van der Waals surface area contributed by atoms with Crippen molar-refractivity contribution in [2.45, 2.75) is 111 Å². The first-order chi connectivity index (χ1) is 10.2. The molecule has 0 unspecified atom stereocenters. The van der Waals surface area contributed by atoms with Crippen molar-refractivity contribution in [3.8, 4) is 0 Å². The van der Waals surface area contributed by atoms with Crippen molar-refractivity contribution in [3.63, 3.8) is 0 Å². The third-order valence-corrected chi connectivity index (χ3v) is 7.15. The summed E-state index contributed by atoms with van der Waals surface area (Å²) < 4.78 is 0. The predicted octanol–water partition coefficient (Wildman–Crippen LogP) is 7.37. The maximum atomic E-state index is 2.44. The maximum Gasteiger partial charge on any atom is -0.0300 e.